The topological polar surface area (TPSA) is 265 Å². The van der Waals surface area contributed by atoms with Gasteiger partial charge in [0.1, 0.15) is 30.5 Å². The predicted molar refractivity (Wildman–Crippen MR) is 143 cm³/mol. The Balaban J connectivity index is 1.67. The highest BCUT2D eigenvalue weighted by Gasteiger charge is 2.22. The zero-order valence-corrected chi connectivity index (χ0v) is 23.8. The number of aliphatic carboxylic acids is 4. The number of oxazole rings is 1. The van der Waals surface area contributed by atoms with E-state index in [0.717, 1.165) is 16.0 Å². The van der Waals surface area contributed by atoms with Crippen LogP contribution in [0.15, 0.2) is 51.4 Å². The third kappa shape index (κ3) is 8.01. The second-order valence-corrected chi connectivity index (χ2v) is 9.62. The first-order valence-electron chi connectivity index (χ1n) is 13.2. The molecule has 242 valence electrons. The molecule has 2 heterocycles. The number of nitrogens with zero attached hydrogens (tertiary/aromatic N) is 3. The van der Waals surface area contributed by atoms with Crippen LogP contribution in [0.25, 0.3) is 22.6 Å². The van der Waals surface area contributed by atoms with Gasteiger partial charge in [0, 0.05) is 6.07 Å². The molecule has 0 fully saturated rings. The summed E-state index contributed by atoms with van der Waals surface area (Å²) in [7, 11) is 0. The molecule has 0 bridgehead atoms. The van der Waals surface area contributed by atoms with Crippen molar-refractivity contribution in [2.24, 2.45) is 0 Å². The van der Waals surface area contributed by atoms with Crippen LogP contribution in [-0.4, -0.2) is 74.2 Å². The molecule has 0 radical (unpaired) electrons. The van der Waals surface area contributed by atoms with Crippen molar-refractivity contribution in [2.45, 2.75) is 6.92 Å². The molecule has 4 rings (SSSR count). The Kier molecular flexibility index (Phi) is 9.95. The van der Waals surface area contributed by atoms with Gasteiger partial charge in [-0.25, -0.2) is 4.98 Å². The Morgan fingerprint density at radius 1 is 0.739 bits per heavy atom. The van der Waals surface area contributed by atoms with Crippen molar-refractivity contribution in [2.75, 3.05) is 49.2 Å². The molecular weight excluding hydrogens is 614 g/mol. The van der Waals surface area contributed by atoms with E-state index in [2.05, 4.69) is 4.98 Å². The van der Waals surface area contributed by atoms with Gasteiger partial charge >= 0.3 is 0 Å². The van der Waals surface area contributed by atoms with Gasteiger partial charge in [-0.1, -0.05) is 6.07 Å². The van der Waals surface area contributed by atoms with Crippen LogP contribution in [0.2, 0.25) is 0 Å². The average Bonchev–Trinajstić information content (AvgIpc) is 3.62. The second kappa shape index (κ2) is 14.0. The lowest BCUT2D eigenvalue weighted by Crippen LogP contribution is -2.44. The highest BCUT2D eigenvalue weighted by atomic mass is 16.5. The molecule has 2 aromatic carbocycles. The molecule has 17 heteroatoms. The summed E-state index contributed by atoms with van der Waals surface area (Å²) in [6, 6.07) is 8.62. The van der Waals surface area contributed by atoms with Crippen molar-refractivity contribution in [3.8, 4) is 23.1 Å². The van der Waals surface area contributed by atoms with E-state index < -0.39 is 61.8 Å². The molecule has 4 aromatic rings. The van der Waals surface area contributed by atoms with Crippen LogP contribution in [0, 0.1) is 6.92 Å². The Hall–Kier alpha value is -6.26. The van der Waals surface area contributed by atoms with E-state index in [4.69, 9.17) is 18.3 Å². The Bertz CT molecular complexity index is 1760. The number of rotatable bonds is 17. The van der Waals surface area contributed by atoms with Gasteiger partial charge in [-0.15, -0.1) is 0 Å². The van der Waals surface area contributed by atoms with E-state index in [-0.39, 0.29) is 58.7 Å². The number of furan rings is 1. The van der Waals surface area contributed by atoms with E-state index in [1.807, 2.05) is 0 Å². The van der Waals surface area contributed by atoms with Gasteiger partial charge in [0.25, 0.3) is 5.89 Å². The third-order valence-electron chi connectivity index (χ3n) is 6.21. The van der Waals surface area contributed by atoms with E-state index in [9.17, 15) is 49.5 Å². The molecule has 0 spiro atoms. The normalized spacial score (nSPS) is 10.8. The van der Waals surface area contributed by atoms with Gasteiger partial charge in [-0.05, 0) is 36.8 Å². The summed E-state index contributed by atoms with van der Waals surface area (Å²) in [4.78, 5) is 62.2. The summed E-state index contributed by atoms with van der Waals surface area (Å²) in [5.41, 5.74) is 0.901. The number of carbonyl (C=O) groups is 5. The van der Waals surface area contributed by atoms with Crippen LogP contribution in [0.5, 0.6) is 11.5 Å². The maximum absolute atomic E-state index is 11.4. The van der Waals surface area contributed by atoms with Crippen LogP contribution in [0.1, 0.15) is 16.1 Å². The average molecular weight is 637 g/mol. The number of fused-ring (bicyclic) bond motifs is 1. The number of anilines is 2. The minimum absolute atomic E-state index is 0.0265. The predicted octanol–water partition coefficient (Wildman–Crippen LogP) is -4.17. The summed E-state index contributed by atoms with van der Waals surface area (Å²) in [5.74, 6) is -8.79. The van der Waals surface area contributed by atoms with Crippen molar-refractivity contribution >= 4 is 52.2 Å². The largest absolute Gasteiger partial charge is 0.548 e. The Morgan fingerprint density at radius 3 is 1.87 bits per heavy atom. The molecule has 0 N–H and O–H groups in total. The molecule has 0 aliphatic heterocycles. The lowest BCUT2D eigenvalue weighted by Gasteiger charge is -2.28. The minimum Gasteiger partial charge on any atom is -0.548 e. The molecular formula is C29H22N3O14-5. The zero-order chi connectivity index (χ0) is 33.5. The van der Waals surface area contributed by atoms with Crippen LogP contribution in [0.4, 0.5) is 11.4 Å². The minimum atomic E-state index is -1.62. The van der Waals surface area contributed by atoms with Crippen LogP contribution >= 0.6 is 0 Å². The number of carbonyl (C=O) groups excluding carboxylic acids is 5. The smallest absolute Gasteiger partial charge is 0.263 e. The van der Waals surface area contributed by atoms with Crippen molar-refractivity contribution in [1.29, 1.82) is 0 Å². The highest BCUT2D eigenvalue weighted by Crippen LogP contribution is 2.40. The first-order chi connectivity index (χ1) is 21.8. The standard InChI is InChI=1S/C29H27N3O14/c1-15-2-3-17(31(11-23(33)34)12-24(35)36)20(8-15)43-6-7-44-27-16-9-21(28-30-10-22(46-28)29(41)42)45-19(16)5-4-18(27)32(13-25(37)38)14-26(39)40/h2-5,8-10H,6-7,11-14H2,1H3,(H,33,34)(H,35,36)(H,37,38)(H,39,40)(H,41,42)/p-5. The lowest BCUT2D eigenvalue weighted by atomic mass is 10.1. The molecule has 0 saturated heterocycles. The number of carboxylic acid groups (broad SMARTS) is 5. The van der Waals surface area contributed by atoms with Crippen LogP contribution in [0.3, 0.4) is 0 Å². The van der Waals surface area contributed by atoms with Gasteiger partial charge in [0.05, 0.1) is 73.0 Å². The first-order valence-corrected chi connectivity index (χ1v) is 13.2. The summed E-state index contributed by atoms with van der Waals surface area (Å²) >= 11 is 0. The Morgan fingerprint density at radius 2 is 1.30 bits per heavy atom. The van der Waals surface area contributed by atoms with Crippen molar-refractivity contribution in [3.63, 3.8) is 0 Å². The number of aryl methyl sites for hydroxylation is 1. The van der Waals surface area contributed by atoms with E-state index >= 15 is 0 Å². The van der Waals surface area contributed by atoms with Gasteiger partial charge in [-0.3, -0.25) is 0 Å². The van der Waals surface area contributed by atoms with E-state index in [0.29, 0.717) is 5.56 Å². The number of aromatic carboxylic acids is 1. The number of aromatic nitrogens is 1. The summed E-state index contributed by atoms with van der Waals surface area (Å²) < 4.78 is 22.6. The van der Waals surface area contributed by atoms with Crippen molar-refractivity contribution in [3.05, 3.63) is 53.9 Å². The maximum atomic E-state index is 11.4. The van der Waals surface area contributed by atoms with Gasteiger partial charge < -0.3 is 77.6 Å². The number of hydrogen-bond donors (Lipinski definition) is 0. The summed E-state index contributed by atoms with van der Waals surface area (Å²) in [6.07, 6.45) is 0.903. The van der Waals surface area contributed by atoms with E-state index in [1.54, 1.807) is 13.0 Å². The van der Waals surface area contributed by atoms with Crippen molar-refractivity contribution in [1.82, 2.24) is 4.98 Å². The second-order valence-electron chi connectivity index (χ2n) is 9.62. The number of benzene rings is 2. The molecule has 0 aliphatic carbocycles. The fourth-order valence-electron chi connectivity index (χ4n) is 4.43. The molecule has 46 heavy (non-hydrogen) atoms. The fraction of sp³-hybridized carbons (Fsp3) is 0.241. The molecule has 0 aliphatic rings. The number of carboxylic acids is 5. The van der Waals surface area contributed by atoms with Gasteiger partial charge in [0.15, 0.2) is 17.3 Å². The maximum Gasteiger partial charge on any atom is 0.263 e. The zero-order valence-electron chi connectivity index (χ0n) is 23.8. The summed E-state index contributed by atoms with van der Waals surface area (Å²) in [5, 5.41) is 56.7. The van der Waals surface area contributed by atoms with Crippen LogP contribution < -0.4 is 44.8 Å². The SMILES string of the molecule is Cc1ccc(N(CC(=O)[O-])CC(=O)[O-])c(OCCOc2c(N(CC(=O)[O-])CC(=O)[O-])ccc3oc(-c4ncc(C(=O)[O-])o4)cc23)c1. The highest BCUT2D eigenvalue weighted by molar-refractivity contribution is 5.94. The van der Waals surface area contributed by atoms with Crippen LogP contribution in [-0.2, 0) is 19.2 Å². The molecule has 0 unspecified atom stereocenters. The first kappa shape index (κ1) is 32.6. The molecule has 0 amide bonds. The lowest BCUT2D eigenvalue weighted by molar-refractivity contribution is -0.307. The van der Waals surface area contributed by atoms with Gasteiger partial charge in [0.2, 0.25) is 0 Å². The molecule has 2 aromatic heterocycles. The quantitative estimate of drug-likeness (QED) is 0.0995. The molecule has 17 nitrogen and oxygen atoms in total. The number of ether oxygens (including phenoxy) is 2. The fourth-order valence-corrected chi connectivity index (χ4v) is 4.43. The number of hydrogen-bond acceptors (Lipinski definition) is 17. The third-order valence-corrected chi connectivity index (χ3v) is 6.21. The van der Waals surface area contributed by atoms with Gasteiger partial charge in [-0.2, -0.15) is 0 Å². The molecule has 0 atom stereocenters. The summed E-state index contributed by atoms with van der Waals surface area (Å²) in [6.45, 7) is -2.10. The molecule has 0 saturated carbocycles. The Labute approximate surface area is 258 Å². The van der Waals surface area contributed by atoms with Crippen molar-refractivity contribution < 1.29 is 67.8 Å². The van der Waals surface area contributed by atoms with E-state index in [1.165, 1.54) is 30.3 Å². The monoisotopic (exact) mass is 636 g/mol.